The molecule has 1 aliphatic heterocycles. The van der Waals surface area contributed by atoms with E-state index in [1.54, 1.807) is 12.1 Å². The Morgan fingerprint density at radius 3 is 2.67 bits per heavy atom. The Labute approximate surface area is 160 Å². The van der Waals surface area contributed by atoms with E-state index in [2.05, 4.69) is 11.0 Å². The highest BCUT2D eigenvalue weighted by Crippen LogP contribution is 2.29. The number of nitrogens with zero attached hydrogens (tertiary/aromatic N) is 1. The summed E-state index contributed by atoms with van der Waals surface area (Å²) >= 11 is 0. The number of aromatic carboxylic acids is 1. The lowest BCUT2D eigenvalue weighted by molar-refractivity contribution is 0.0697. The number of hydrogen-bond donors (Lipinski definition) is 2. The van der Waals surface area contributed by atoms with E-state index in [4.69, 9.17) is 9.84 Å². The van der Waals surface area contributed by atoms with Crippen molar-refractivity contribution in [1.82, 2.24) is 4.90 Å². The largest absolute Gasteiger partial charge is 0.494 e. The maximum Gasteiger partial charge on any atom is 0.335 e. The number of aliphatic hydroxyl groups excluding tert-OH is 1. The maximum absolute atomic E-state index is 11.0. The van der Waals surface area contributed by atoms with E-state index < -0.39 is 5.97 Å². The lowest BCUT2D eigenvalue weighted by Gasteiger charge is -2.33. The summed E-state index contributed by atoms with van der Waals surface area (Å²) in [5.41, 5.74) is 3.53. The van der Waals surface area contributed by atoms with Crippen LogP contribution in [0.5, 0.6) is 5.75 Å². The van der Waals surface area contributed by atoms with E-state index in [9.17, 15) is 9.90 Å². The van der Waals surface area contributed by atoms with Gasteiger partial charge in [0.15, 0.2) is 0 Å². The first kappa shape index (κ1) is 19.4. The Balaban J connectivity index is 1.67. The Morgan fingerprint density at radius 1 is 1.22 bits per heavy atom. The zero-order chi connectivity index (χ0) is 19.2. The van der Waals surface area contributed by atoms with Crippen LogP contribution in [0.2, 0.25) is 0 Å². The summed E-state index contributed by atoms with van der Waals surface area (Å²) in [5.74, 6) is 0.280. The predicted octanol–water partition coefficient (Wildman–Crippen LogP) is 3.66. The van der Waals surface area contributed by atoms with Crippen LogP contribution < -0.4 is 4.74 Å². The SMILES string of the molecule is CCOc1ccc(CN2CCC[C@@H](c3ccc(C(=O)O)cc3)C2)cc1CO. The van der Waals surface area contributed by atoms with Gasteiger partial charge < -0.3 is 14.9 Å². The molecule has 2 aromatic carbocycles. The van der Waals surface area contributed by atoms with Gasteiger partial charge in [0.05, 0.1) is 18.8 Å². The second-order valence-corrected chi connectivity index (χ2v) is 7.03. The summed E-state index contributed by atoms with van der Waals surface area (Å²) in [6.07, 6.45) is 2.24. The number of carboxylic acid groups (broad SMARTS) is 1. The molecular weight excluding hydrogens is 342 g/mol. The van der Waals surface area contributed by atoms with Crippen LogP contribution >= 0.6 is 0 Å². The molecule has 0 aromatic heterocycles. The van der Waals surface area contributed by atoms with Crippen LogP contribution in [0.25, 0.3) is 0 Å². The van der Waals surface area contributed by atoms with E-state index in [0.717, 1.165) is 43.8 Å². The zero-order valence-corrected chi connectivity index (χ0v) is 15.7. The normalized spacial score (nSPS) is 17.6. The molecule has 0 amide bonds. The van der Waals surface area contributed by atoms with Crippen molar-refractivity contribution in [2.75, 3.05) is 19.7 Å². The summed E-state index contributed by atoms with van der Waals surface area (Å²) < 4.78 is 5.56. The maximum atomic E-state index is 11.0. The molecule has 1 fully saturated rings. The number of benzene rings is 2. The Kier molecular flexibility index (Phi) is 6.48. The van der Waals surface area contributed by atoms with Gasteiger partial charge in [0.1, 0.15) is 5.75 Å². The van der Waals surface area contributed by atoms with E-state index in [1.807, 2.05) is 31.2 Å². The topological polar surface area (TPSA) is 70.0 Å². The number of ether oxygens (including phenoxy) is 1. The number of rotatable bonds is 7. The van der Waals surface area contributed by atoms with E-state index in [-0.39, 0.29) is 6.61 Å². The Morgan fingerprint density at radius 2 is 2.00 bits per heavy atom. The highest BCUT2D eigenvalue weighted by Gasteiger charge is 2.22. The molecule has 3 rings (SSSR count). The van der Waals surface area contributed by atoms with Crippen LogP contribution in [0.3, 0.4) is 0 Å². The first-order valence-corrected chi connectivity index (χ1v) is 9.51. The summed E-state index contributed by atoms with van der Waals surface area (Å²) in [6.45, 7) is 5.33. The third-order valence-electron chi connectivity index (χ3n) is 5.14. The van der Waals surface area contributed by atoms with Crippen LogP contribution in [-0.2, 0) is 13.2 Å². The minimum atomic E-state index is -0.887. The molecule has 144 valence electrons. The van der Waals surface area contributed by atoms with Crippen molar-refractivity contribution in [3.05, 3.63) is 64.7 Å². The minimum absolute atomic E-state index is 0.0261. The van der Waals surface area contributed by atoms with Gasteiger partial charge in [-0.05, 0) is 67.6 Å². The molecule has 2 aromatic rings. The number of hydrogen-bond acceptors (Lipinski definition) is 4. The number of carbonyl (C=O) groups is 1. The molecule has 1 aliphatic rings. The van der Waals surface area contributed by atoms with Crippen molar-refractivity contribution in [3.63, 3.8) is 0 Å². The fraction of sp³-hybridized carbons (Fsp3) is 0.409. The molecule has 1 heterocycles. The first-order chi connectivity index (χ1) is 13.1. The van der Waals surface area contributed by atoms with Gasteiger partial charge in [0, 0.05) is 18.7 Å². The summed E-state index contributed by atoms with van der Waals surface area (Å²) in [7, 11) is 0. The second-order valence-electron chi connectivity index (χ2n) is 7.03. The predicted molar refractivity (Wildman–Crippen MR) is 104 cm³/mol. The molecule has 2 N–H and O–H groups in total. The molecule has 0 radical (unpaired) electrons. The number of carboxylic acids is 1. The molecule has 5 nitrogen and oxygen atoms in total. The van der Waals surface area contributed by atoms with Gasteiger partial charge in [-0.25, -0.2) is 4.79 Å². The Hall–Kier alpha value is -2.37. The van der Waals surface area contributed by atoms with Crippen molar-refractivity contribution in [3.8, 4) is 5.75 Å². The van der Waals surface area contributed by atoms with E-state index >= 15 is 0 Å². The fourth-order valence-corrected chi connectivity index (χ4v) is 3.78. The third-order valence-corrected chi connectivity index (χ3v) is 5.14. The van der Waals surface area contributed by atoms with Crippen molar-refractivity contribution >= 4 is 5.97 Å². The molecule has 1 saturated heterocycles. The molecule has 0 spiro atoms. The van der Waals surface area contributed by atoms with Crippen molar-refractivity contribution in [1.29, 1.82) is 0 Å². The second kappa shape index (κ2) is 9.02. The van der Waals surface area contributed by atoms with Gasteiger partial charge in [0.25, 0.3) is 0 Å². The quantitative estimate of drug-likeness (QED) is 0.779. The molecular formula is C22H27NO4. The molecule has 5 heteroatoms. The fourth-order valence-electron chi connectivity index (χ4n) is 3.78. The summed E-state index contributed by atoms with van der Waals surface area (Å²) in [5, 5.41) is 18.6. The minimum Gasteiger partial charge on any atom is -0.494 e. The van der Waals surface area contributed by atoms with Crippen molar-refractivity contribution < 1.29 is 19.7 Å². The van der Waals surface area contributed by atoms with E-state index in [0.29, 0.717) is 18.1 Å². The van der Waals surface area contributed by atoms with Crippen LogP contribution in [0, 0.1) is 0 Å². The standard InChI is InChI=1S/C22H27NO4/c1-2-27-21-10-5-16(12-20(21)15-24)13-23-11-3-4-19(14-23)17-6-8-18(9-7-17)22(25)26/h5-10,12,19,24H,2-4,11,13-15H2,1H3,(H,25,26)/t19-/m1/s1. The zero-order valence-electron chi connectivity index (χ0n) is 15.7. The average Bonchev–Trinajstić information content (AvgIpc) is 2.69. The highest BCUT2D eigenvalue weighted by atomic mass is 16.5. The van der Waals surface area contributed by atoms with Crippen molar-refractivity contribution in [2.24, 2.45) is 0 Å². The van der Waals surface area contributed by atoms with Crippen LogP contribution in [0.4, 0.5) is 0 Å². The van der Waals surface area contributed by atoms with Gasteiger partial charge in [-0.15, -0.1) is 0 Å². The van der Waals surface area contributed by atoms with E-state index in [1.165, 1.54) is 11.1 Å². The molecule has 0 aliphatic carbocycles. The van der Waals surface area contributed by atoms with Crippen LogP contribution in [0.1, 0.15) is 52.7 Å². The van der Waals surface area contributed by atoms with Crippen LogP contribution in [-0.4, -0.2) is 40.8 Å². The van der Waals surface area contributed by atoms with Crippen molar-refractivity contribution in [2.45, 2.75) is 38.8 Å². The molecule has 27 heavy (non-hydrogen) atoms. The van der Waals surface area contributed by atoms with Gasteiger partial charge in [-0.3, -0.25) is 4.90 Å². The number of piperidine rings is 1. The lowest BCUT2D eigenvalue weighted by atomic mass is 9.90. The van der Waals surface area contributed by atoms with Gasteiger partial charge >= 0.3 is 5.97 Å². The van der Waals surface area contributed by atoms with Crippen LogP contribution in [0.15, 0.2) is 42.5 Å². The average molecular weight is 369 g/mol. The van der Waals surface area contributed by atoms with Gasteiger partial charge in [-0.2, -0.15) is 0 Å². The highest BCUT2D eigenvalue weighted by molar-refractivity contribution is 5.87. The summed E-state index contributed by atoms with van der Waals surface area (Å²) in [4.78, 5) is 13.5. The molecule has 0 saturated carbocycles. The number of aliphatic hydroxyl groups is 1. The molecule has 0 unspecified atom stereocenters. The lowest BCUT2D eigenvalue weighted by Crippen LogP contribution is -2.33. The van der Waals surface area contributed by atoms with Gasteiger partial charge in [-0.1, -0.05) is 18.2 Å². The molecule has 1 atom stereocenters. The smallest absolute Gasteiger partial charge is 0.335 e. The Bertz CT molecular complexity index is 772. The number of likely N-dealkylation sites (tertiary alicyclic amines) is 1. The molecule has 0 bridgehead atoms. The monoisotopic (exact) mass is 369 g/mol. The first-order valence-electron chi connectivity index (χ1n) is 9.51. The third kappa shape index (κ3) is 4.87. The summed E-state index contributed by atoms with van der Waals surface area (Å²) in [6, 6.07) is 13.3. The van der Waals surface area contributed by atoms with Gasteiger partial charge in [0.2, 0.25) is 0 Å².